The Hall–Kier alpha value is -3.65. The van der Waals surface area contributed by atoms with Crippen LogP contribution in [0.2, 0.25) is 0 Å². The van der Waals surface area contributed by atoms with E-state index in [9.17, 15) is 4.79 Å². The second kappa shape index (κ2) is 9.46. The van der Waals surface area contributed by atoms with E-state index in [-0.39, 0.29) is 10.9 Å². The number of esters is 1. The van der Waals surface area contributed by atoms with Crippen molar-refractivity contribution in [2.45, 2.75) is 39.4 Å². The number of hydrogen-bond donors (Lipinski definition) is 3. The van der Waals surface area contributed by atoms with Crippen LogP contribution in [0.3, 0.4) is 0 Å². The number of nitrogen functional groups attached to an aromatic ring is 1. The third kappa shape index (κ3) is 4.90. The topological polar surface area (TPSA) is 102 Å². The summed E-state index contributed by atoms with van der Waals surface area (Å²) < 4.78 is 11.9. The molecular weight excluding hydrogens is 436 g/mol. The Morgan fingerprint density at radius 2 is 1.94 bits per heavy atom. The molecular formula is C25H26N4O3S. The van der Waals surface area contributed by atoms with E-state index in [2.05, 4.69) is 15.3 Å². The first kappa shape index (κ1) is 22.5. The van der Waals surface area contributed by atoms with E-state index in [4.69, 9.17) is 27.4 Å². The van der Waals surface area contributed by atoms with Crippen LogP contribution >= 0.6 is 12.2 Å². The van der Waals surface area contributed by atoms with Gasteiger partial charge in [0.2, 0.25) is 0 Å². The van der Waals surface area contributed by atoms with Gasteiger partial charge in [0, 0.05) is 11.3 Å². The molecule has 0 bridgehead atoms. The molecule has 0 fully saturated rings. The highest BCUT2D eigenvalue weighted by Gasteiger charge is 2.36. The van der Waals surface area contributed by atoms with Crippen LogP contribution < -0.4 is 15.8 Å². The Kier molecular flexibility index (Phi) is 6.46. The summed E-state index contributed by atoms with van der Waals surface area (Å²) in [5.41, 5.74) is 9.99. The molecule has 170 valence electrons. The summed E-state index contributed by atoms with van der Waals surface area (Å²) >= 11 is 5.20. The van der Waals surface area contributed by atoms with Gasteiger partial charge in [0.05, 0.1) is 17.6 Å². The molecule has 2 aromatic carbocycles. The van der Waals surface area contributed by atoms with Crippen LogP contribution in [-0.4, -0.2) is 22.0 Å². The lowest BCUT2D eigenvalue weighted by Crippen LogP contribution is -2.27. The number of nitrogens with zero attached hydrogens (tertiary/aromatic N) is 1. The van der Waals surface area contributed by atoms with Gasteiger partial charge in [-0.1, -0.05) is 42.5 Å². The van der Waals surface area contributed by atoms with E-state index in [1.807, 2.05) is 75.4 Å². The Labute approximate surface area is 197 Å². The molecule has 3 aromatic rings. The van der Waals surface area contributed by atoms with E-state index in [0.29, 0.717) is 40.8 Å². The van der Waals surface area contributed by atoms with Crippen molar-refractivity contribution < 1.29 is 14.3 Å². The second-order valence-corrected chi connectivity index (χ2v) is 8.50. The van der Waals surface area contributed by atoms with Crippen molar-refractivity contribution in [3.63, 3.8) is 0 Å². The van der Waals surface area contributed by atoms with Gasteiger partial charge in [-0.3, -0.25) is 0 Å². The summed E-state index contributed by atoms with van der Waals surface area (Å²) in [5, 5.41) is 3.18. The number of rotatable bonds is 6. The van der Waals surface area contributed by atoms with Crippen LogP contribution in [0.5, 0.6) is 5.75 Å². The third-order valence-electron chi connectivity index (χ3n) is 5.29. The number of benzene rings is 2. The number of nitrogens with two attached hydrogens (primary N) is 1. The van der Waals surface area contributed by atoms with E-state index in [1.165, 1.54) is 0 Å². The number of anilines is 2. The Bertz CT molecular complexity index is 1270. The smallest absolute Gasteiger partial charge is 0.337 e. The Morgan fingerprint density at radius 1 is 1.18 bits per heavy atom. The zero-order valence-corrected chi connectivity index (χ0v) is 19.5. The first-order valence-corrected chi connectivity index (χ1v) is 11.1. The Balaban J connectivity index is 1.77. The summed E-state index contributed by atoms with van der Waals surface area (Å²) in [6.07, 6.45) is -0.266. The Morgan fingerprint density at radius 3 is 2.67 bits per heavy atom. The maximum atomic E-state index is 13.1. The average molecular weight is 463 g/mol. The zero-order chi connectivity index (χ0) is 23.5. The fourth-order valence-electron chi connectivity index (χ4n) is 3.90. The number of nitrogens with one attached hydrogen (secondary N) is 2. The first-order chi connectivity index (χ1) is 15.8. The van der Waals surface area contributed by atoms with Crippen LogP contribution in [0.4, 0.5) is 11.6 Å². The highest BCUT2D eigenvalue weighted by Crippen LogP contribution is 2.44. The molecule has 4 N–H and O–H groups in total. The number of aromatic amines is 1. The van der Waals surface area contributed by atoms with Crippen LogP contribution in [0, 0.1) is 4.77 Å². The molecule has 4 rings (SSSR count). The first-order valence-electron chi connectivity index (χ1n) is 10.7. The molecule has 1 atom stereocenters. The summed E-state index contributed by atoms with van der Waals surface area (Å²) in [7, 11) is 0. The van der Waals surface area contributed by atoms with Crippen molar-refractivity contribution >= 4 is 29.8 Å². The maximum Gasteiger partial charge on any atom is 0.337 e. The number of hydrogen-bond acceptors (Lipinski definition) is 7. The molecule has 2 heterocycles. The average Bonchev–Trinajstić information content (AvgIpc) is 2.77. The highest BCUT2D eigenvalue weighted by molar-refractivity contribution is 7.71. The molecule has 1 unspecified atom stereocenters. The molecule has 7 nitrogen and oxygen atoms in total. The van der Waals surface area contributed by atoms with Crippen LogP contribution in [0.25, 0.3) is 0 Å². The third-order valence-corrected chi connectivity index (χ3v) is 5.48. The van der Waals surface area contributed by atoms with Crippen molar-refractivity contribution in [1.29, 1.82) is 0 Å². The number of fused-ring (bicyclic) bond motifs is 1. The molecule has 1 aliphatic heterocycles. The lowest BCUT2D eigenvalue weighted by atomic mass is 9.82. The number of carbonyl (C=O) groups is 1. The SMILES string of the molecule is CC1=C(C(=O)OC(C)C)C(c2cccc(OCc3ccccc3)c2)c2c(nc(=S)[nH]c2N)N1. The largest absolute Gasteiger partial charge is 0.489 e. The molecule has 1 aromatic heterocycles. The predicted octanol–water partition coefficient (Wildman–Crippen LogP) is 5.08. The van der Waals surface area contributed by atoms with Gasteiger partial charge in [0.25, 0.3) is 0 Å². The van der Waals surface area contributed by atoms with Gasteiger partial charge in [-0.25, -0.2) is 9.78 Å². The van der Waals surface area contributed by atoms with Gasteiger partial charge in [0.15, 0.2) is 4.77 Å². The predicted molar refractivity (Wildman–Crippen MR) is 130 cm³/mol. The van der Waals surface area contributed by atoms with Gasteiger partial charge >= 0.3 is 5.97 Å². The summed E-state index contributed by atoms with van der Waals surface area (Å²) in [6, 6.07) is 17.6. The fraction of sp³-hybridized carbons (Fsp3) is 0.240. The molecule has 0 radical (unpaired) electrons. The molecule has 1 aliphatic rings. The van der Waals surface area contributed by atoms with Gasteiger partial charge in [-0.2, -0.15) is 0 Å². The standard InChI is InChI=1S/C25H26N4O3S/c1-14(2)32-24(30)19-15(3)27-23-21(22(26)28-25(33)29-23)20(19)17-10-7-11-18(12-17)31-13-16-8-5-4-6-9-16/h4-12,14,20H,13H2,1-3H3,(H4,26,27,28,29,33). The molecule has 0 saturated carbocycles. The lowest BCUT2D eigenvalue weighted by Gasteiger charge is -2.30. The van der Waals surface area contributed by atoms with Crippen LogP contribution in [0.15, 0.2) is 65.9 Å². The number of ether oxygens (including phenoxy) is 2. The second-order valence-electron chi connectivity index (χ2n) is 8.12. The van der Waals surface area contributed by atoms with E-state index in [1.54, 1.807) is 0 Å². The number of allylic oxidation sites excluding steroid dienone is 1. The van der Waals surface area contributed by atoms with Crippen molar-refractivity contribution in [3.05, 3.63) is 87.3 Å². The quantitative estimate of drug-likeness (QED) is 0.347. The molecule has 0 amide bonds. The fourth-order valence-corrected chi connectivity index (χ4v) is 4.10. The van der Waals surface area contributed by atoms with Gasteiger partial charge in [0.1, 0.15) is 24.0 Å². The minimum Gasteiger partial charge on any atom is -0.489 e. The van der Waals surface area contributed by atoms with Crippen molar-refractivity contribution in [3.8, 4) is 5.75 Å². The number of carbonyl (C=O) groups excluding carboxylic acids is 1. The molecule has 0 aliphatic carbocycles. The van der Waals surface area contributed by atoms with Gasteiger partial charge in [-0.15, -0.1) is 0 Å². The summed E-state index contributed by atoms with van der Waals surface area (Å²) in [4.78, 5) is 20.5. The number of aromatic nitrogens is 2. The minimum atomic E-state index is -0.507. The normalized spacial score (nSPS) is 15.1. The molecule has 0 spiro atoms. The highest BCUT2D eigenvalue weighted by atomic mass is 32.1. The van der Waals surface area contributed by atoms with Crippen LogP contribution in [-0.2, 0) is 16.1 Å². The van der Waals surface area contributed by atoms with Crippen LogP contribution in [0.1, 0.15) is 43.4 Å². The minimum absolute atomic E-state index is 0.262. The van der Waals surface area contributed by atoms with Crippen molar-refractivity contribution in [2.75, 3.05) is 11.1 Å². The van der Waals surface area contributed by atoms with E-state index < -0.39 is 11.9 Å². The summed E-state index contributed by atoms with van der Waals surface area (Å²) in [5.74, 6) is 0.632. The molecule has 0 saturated heterocycles. The number of H-pyrrole nitrogens is 1. The molecule has 33 heavy (non-hydrogen) atoms. The van der Waals surface area contributed by atoms with Gasteiger partial charge < -0.3 is 25.5 Å². The van der Waals surface area contributed by atoms with Crippen molar-refractivity contribution in [1.82, 2.24) is 9.97 Å². The lowest BCUT2D eigenvalue weighted by molar-refractivity contribution is -0.142. The monoisotopic (exact) mass is 462 g/mol. The van der Waals surface area contributed by atoms with E-state index in [0.717, 1.165) is 11.1 Å². The summed E-state index contributed by atoms with van der Waals surface area (Å²) in [6.45, 7) is 5.89. The molecule has 8 heteroatoms. The zero-order valence-electron chi connectivity index (χ0n) is 18.7. The van der Waals surface area contributed by atoms with Crippen molar-refractivity contribution in [2.24, 2.45) is 0 Å². The van der Waals surface area contributed by atoms with Gasteiger partial charge in [-0.05, 0) is 56.2 Å². The van der Waals surface area contributed by atoms with E-state index >= 15 is 0 Å². The maximum absolute atomic E-state index is 13.1.